The molecule has 0 spiro atoms. The highest BCUT2D eigenvalue weighted by molar-refractivity contribution is 8.00. The van der Waals surface area contributed by atoms with Crippen LogP contribution in [0.25, 0.3) is 0 Å². The number of thioether (sulfide) groups is 1. The van der Waals surface area contributed by atoms with Gasteiger partial charge in [0.1, 0.15) is 0 Å². The summed E-state index contributed by atoms with van der Waals surface area (Å²) < 4.78 is 0.182. The largest absolute Gasteiger partial charge is 0.481 e. The molecule has 1 rings (SSSR count). The normalized spacial score (nSPS) is 17.2. The molecule has 0 saturated heterocycles. The van der Waals surface area contributed by atoms with Crippen molar-refractivity contribution in [3.63, 3.8) is 0 Å². The zero-order valence-electron chi connectivity index (χ0n) is 11.8. The van der Waals surface area contributed by atoms with Gasteiger partial charge in [0.25, 0.3) is 0 Å². The predicted octanol–water partition coefficient (Wildman–Crippen LogP) is 2.17. The molecule has 2 amide bonds. The number of aliphatic carboxylic acids is 1. The zero-order chi connectivity index (χ0) is 14.3. The maximum absolute atomic E-state index is 12.0. The maximum atomic E-state index is 12.0. The maximum Gasteiger partial charge on any atom is 0.317 e. The monoisotopic (exact) mass is 288 g/mol. The van der Waals surface area contributed by atoms with E-state index in [1.807, 2.05) is 18.7 Å². The van der Waals surface area contributed by atoms with Crippen LogP contribution in [0.1, 0.15) is 39.0 Å². The Labute approximate surface area is 119 Å². The zero-order valence-corrected chi connectivity index (χ0v) is 12.6. The van der Waals surface area contributed by atoms with Crippen LogP contribution in [-0.2, 0) is 4.79 Å². The molecule has 5 nitrogen and oxygen atoms in total. The van der Waals surface area contributed by atoms with Gasteiger partial charge >= 0.3 is 12.0 Å². The highest BCUT2D eigenvalue weighted by Crippen LogP contribution is 2.39. The Morgan fingerprint density at radius 3 is 2.47 bits per heavy atom. The van der Waals surface area contributed by atoms with Crippen molar-refractivity contribution < 1.29 is 14.7 Å². The number of carbonyl (C=O) groups excluding carboxylic acids is 1. The van der Waals surface area contributed by atoms with E-state index in [-0.39, 0.29) is 23.7 Å². The van der Waals surface area contributed by atoms with Crippen LogP contribution in [0, 0.1) is 0 Å². The lowest BCUT2D eigenvalue weighted by atomic mass is 10.1. The topological polar surface area (TPSA) is 69.6 Å². The van der Waals surface area contributed by atoms with Gasteiger partial charge in [-0.3, -0.25) is 4.79 Å². The third-order valence-electron chi connectivity index (χ3n) is 3.77. The summed E-state index contributed by atoms with van der Waals surface area (Å²) in [6, 6.07) is -0.149. The number of amides is 2. The van der Waals surface area contributed by atoms with Gasteiger partial charge in [-0.25, -0.2) is 4.79 Å². The fourth-order valence-electron chi connectivity index (χ4n) is 2.45. The Kier molecular flexibility index (Phi) is 6.48. The summed E-state index contributed by atoms with van der Waals surface area (Å²) in [5.41, 5.74) is 0. The minimum absolute atomic E-state index is 0.00503. The van der Waals surface area contributed by atoms with Crippen molar-refractivity contribution >= 4 is 23.8 Å². The van der Waals surface area contributed by atoms with Gasteiger partial charge in [0.15, 0.2) is 0 Å². The lowest BCUT2D eigenvalue weighted by Crippen LogP contribution is -2.46. The van der Waals surface area contributed by atoms with Gasteiger partial charge in [0.05, 0.1) is 6.42 Å². The van der Waals surface area contributed by atoms with Crippen LogP contribution >= 0.6 is 11.8 Å². The van der Waals surface area contributed by atoms with Gasteiger partial charge in [0.2, 0.25) is 0 Å². The van der Waals surface area contributed by atoms with Crippen LogP contribution in [0.5, 0.6) is 0 Å². The number of carboxylic acids is 1. The van der Waals surface area contributed by atoms with Crippen molar-refractivity contribution in [1.82, 2.24) is 10.2 Å². The van der Waals surface area contributed by atoms with Crippen molar-refractivity contribution in [1.29, 1.82) is 0 Å². The van der Waals surface area contributed by atoms with E-state index < -0.39 is 5.97 Å². The number of nitrogens with one attached hydrogen (secondary N) is 1. The molecule has 0 bridgehead atoms. The number of urea groups is 1. The van der Waals surface area contributed by atoms with Gasteiger partial charge in [0, 0.05) is 24.4 Å². The fourth-order valence-corrected chi connectivity index (χ4v) is 3.37. The number of hydrogen-bond acceptors (Lipinski definition) is 3. The number of carboxylic acid groups (broad SMARTS) is 1. The van der Waals surface area contributed by atoms with Gasteiger partial charge in [-0.05, 0) is 26.0 Å². The number of hydrogen-bond donors (Lipinski definition) is 2. The van der Waals surface area contributed by atoms with Crippen LogP contribution in [0.15, 0.2) is 0 Å². The summed E-state index contributed by atoms with van der Waals surface area (Å²) in [6.07, 6.45) is 6.85. The first kappa shape index (κ1) is 16.1. The van der Waals surface area contributed by atoms with Crippen molar-refractivity contribution in [2.45, 2.75) is 43.8 Å². The Bertz CT molecular complexity index is 317. The summed E-state index contributed by atoms with van der Waals surface area (Å²) in [7, 11) is 0. The average Bonchev–Trinajstić information content (AvgIpc) is 2.86. The molecule has 0 atom stereocenters. The molecule has 0 aromatic carbocycles. The molecule has 1 saturated carbocycles. The van der Waals surface area contributed by atoms with E-state index >= 15 is 0 Å². The van der Waals surface area contributed by atoms with E-state index in [1.165, 1.54) is 12.8 Å². The first-order chi connectivity index (χ1) is 9.03. The lowest BCUT2D eigenvalue weighted by molar-refractivity contribution is -0.137. The number of nitrogens with zero attached hydrogens (tertiary/aromatic N) is 1. The van der Waals surface area contributed by atoms with Crippen LogP contribution < -0.4 is 5.32 Å². The van der Waals surface area contributed by atoms with Crippen molar-refractivity contribution in [3.05, 3.63) is 0 Å². The molecule has 1 aliphatic rings. The van der Waals surface area contributed by atoms with Gasteiger partial charge in [-0.15, -0.1) is 0 Å². The number of rotatable bonds is 7. The average molecular weight is 288 g/mol. The van der Waals surface area contributed by atoms with E-state index in [0.29, 0.717) is 13.1 Å². The highest BCUT2D eigenvalue weighted by Gasteiger charge is 2.33. The first-order valence-corrected chi connectivity index (χ1v) is 8.05. The van der Waals surface area contributed by atoms with Crippen LogP contribution in [0.2, 0.25) is 0 Å². The highest BCUT2D eigenvalue weighted by atomic mass is 32.2. The van der Waals surface area contributed by atoms with E-state index in [1.54, 1.807) is 4.90 Å². The molecule has 0 unspecified atom stereocenters. The molecule has 0 radical (unpaired) electrons. The summed E-state index contributed by atoms with van der Waals surface area (Å²) in [5, 5.41) is 11.6. The van der Waals surface area contributed by atoms with Gasteiger partial charge in [-0.1, -0.05) is 12.8 Å². The quantitative estimate of drug-likeness (QED) is 0.753. The van der Waals surface area contributed by atoms with E-state index in [2.05, 4.69) is 11.6 Å². The second kappa shape index (κ2) is 7.62. The molecule has 0 aliphatic heterocycles. The molecule has 110 valence electrons. The second-order valence-electron chi connectivity index (χ2n) is 4.98. The molecule has 2 N–H and O–H groups in total. The summed E-state index contributed by atoms with van der Waals surface area (Å²) in [4.78, 5) is 24.1. The van der Waals surface area contributed by atoms with Crippen LogP contribution in [-0.4, -0.2) is 52.6 Å². The predicted molar refractivity (Wildman–Crippen MR) is 77.6 cm³/mol. The van der Waals surface area contributed by atoms with Crippen molar-refractivity contribution in [2.75, 3.05) is 25.9 Å². The number of carbonyl (C=O) groups is 2. The summed E-state index contributed by atoms with van der Waals surface area (Å²) in [6.45, 7) is 3.34. The molecular formula is C13H24N2O3S. The molecule has 1 aliphatic carbocycles. The molecule has 6 heteroatoms. The molecule has 0 aromatic rings. The Hall–Kier alpha value is -0.910. The molecule has 19 heavy (non-hydrogen) atoms. The van der Waals surface area contributed by atoms with Crippen molar-refractivity contribution in [2.24, 2.45) is 0 Å². The van der Waals surface area contributed by atoms with E-state index in [4.69, 9.17) is 5.11 Å². The molecular weight excluding hydrogens is 264 g/mol. The third kappa shape index (κ3) is 4.93. The molecule has 1 fully saturated rings. The SMILES string of the molecule is CCN(CCC(=O)O)C(=O)NCC1(SC)CCCC1. The van der Waals surface area contributed by atoms with E-state index in [0.717, 1.165) is 12.8 Å². The second-order valence-corrected chi connectivity index (χ2v) is 6.25. The van der Waals surface area contributed by atoms with Crippen molar-refractivity contribution in [3.8, 4) is 0 Å². The smallest absolute Gasteiger partial charge is 0.317 e. The minimum atomic E-state index is -0.873. The van der Waals surface area contributed by atoms with Gasteiger partial charge in [-0.2, -0.15) is 11.8 Å². The first-order valence-electron chi connectivity index (χ1n) is 6.83. The molecule has 0 heterocycles. The standard InChI is InChI=1S/C13H24N2O3S/c1-3-15(9-6-11(16)17)12(18)14-10-13(19-2)7-4-5-8-13/h3-10H2,1-2H3,(H,14,18)(H,16,17). The summed E-state index contributed by atoms with van der Waals surface area (Å²) >= 11 is 1.83. The third-order valence-corrected chi connectivity index (χ3v) is 5.19. The Morgan fingerprint density at radius 1 is 1.37 bits per heavy atom. The Balaban J connectivity index is 2.41. The summed E-state index contributed by atoms with van der Waals surface area (Å²) in [5.74, 6) is -0.873. The van der Waals surface area contributed by atoms with Crippen LogP contribution in [0.3, 0.4) is 0 Å². The van der Waals surface area contributed by atoms with Crippen LogP contribution in [0.4, 0.5) is 4.79 Å². The Morgan fingerprint density at radius 2 is 2.00 bits per heavy atom. The minimum Gasteiger partial charge on any atom is -0.481 e. The van der Waals surface area contributed by atoms with Gasteiger partial charge < -0.3 is 15.3 Å². The fraction of sp³-hybridized carbons (Fsp3) is 0.846. The van der Waals surface area contributed by atoms with E-state index in [9.17, 15) is 9.59 Å². The molecule has 0 aromatic heterocycles. The lowest BCUT2D eigenvalue weighted by Gasteiger charge is -2.29.